The largest absolute Gasteiger partial charge is 0.497 e. The van der Waals surface area contributed by atoms with Crippen LogP contribution >= 0.6 is 11.8 Å². The molecule has 7 nitrogen and oxygen atoms in total. The van der Waals surface area contributed by atoms with Gasteiger partial charge in [-0.3, -0.25) is 13.8 Å². The summed E-state index contributed by atoms with van der Waals surface area (Å²) in [6, 6.07) is 15.1. The van der Waals surface area contributed by atoms with E-state index in [0.29, 0.717) is 23.5 Å². The predicted octanol–water partition coefficient (Wildman–Crippen LogP) is 2.90. The van der Waals surface area contributed by atoms with Crippen LogP contribution in [0, 0.1) is 0 Å². The van der Waals surface area contributed by atoms with Crippen molar-refractivity contribution >= 4 is 28.4 Å². The Labute approximate surface area is 165 Å². The number of ether oxygens (including phenoxy) is 2. The van der Waals surface area contributed by atoms with Crippen molar-refractivity contribution in [1.82, 2.24) is 19.2 Å². The van der Waals surface area contributed by atoms with Crippen LogP contribution in [-0.2, 0) is 12.8 Å². The number of nitrogens with zero attached hydrogens (tertiary/aromatic N) is 4. The maximum absolute atomic E-state index is 12.5. The summed E-state index contributed by atoms with van der Waals surface area (Å²) in [5.41, 5.74) is 0.762. The highest BCUT2D eigenvalue weighted by Gasteiger charge is 2.14. The van der Waals surface area contributed by atoms with Crippen LogP contribution in [0.25, 0.3) is 16.7 Å². The Kier molecular flexibility index (Phi) is 5.21. The van der Waals surface area contributed by atoms with Gasteiger partial charge in [0.1, 0.15) is 17.3 Å². The number of methoxy groups -OCH3 is 1. The SMILES string of the molecule is COc1ccc(OCCSCc2nnc3n(C)c(=O)c4ccccc4n23)cc1. The van der Waals surface area contributed by atoms with Gasteiger partial charge in [-0.1, -0.05) is 12.1 Å². The lowest BCUT2D eigenvalue weighted by atomic mass is 10.2. The molecule has 2 heterocycles. The van der Waals surface area contributed by atoms with Gasteiger partial charge in [0, 0.05) is 12.8 Å². The molecule has 28 heavy (non-hydrogen) atoms. The summed E-state index contributed by atoms with van der Waals surface area (Å²) in [5.74, 6) is 4.47. The zero-order valence-corrected chi connectivity index (χ0v) is 16.5. The maximum Gasteiger partial charge on any atom is 0.262 e. The number of hydrogen-bond acceptors (Lipinski definition) is 6. The van der Waals surface area contributed by atoms with Gasteiger partial charge >= 0.3 is 0 Å². The zero-order valence-electron chi connectivity index (χ0n) is 15.7. The molecular formula is C20H20N4O3S. The molecule has 4 rings (SSSR count). The van der Waals surface area contributed by atoms with Crippen LogP contribution in [0.4, 0.5) is 0 Å². The Balaban J connectivity index is 1.44. The van der Waals surface area contributed by atoms with Gasteiger partial charge in [-0.2, -0.15) is 11.8 Å². The number of aryl methyl sites for hydroxylation is 1. The quantitative estimate of drug-likeness (QED) is 0.448. The summed E-state index contributed by atoms with van der Waals surface area (Å²) in [4.78, 5) is 12.5. The van der Waals surface area contributed by atoms with Crippen molar-refractivity contribution in [2.75, 3.05) is 19.5 Å². The van der Waals surface area contributed by atoms with E-state index in [1.165, 1.54) is 4.57 Å². The molecule has 4 aromatic rings. The fraction of sp³-hybridized carbons (Fsp3) is 0.250. The molecule has 0 fully saturated rings. The topological polar surface area (TPSA) is 70.7 Å². The third kappa shape index (κ3) is 3.43. The van der Waals surface area contributed by atoms with Crippen LogP contribution in [0.3, 0.4) is 0 Å². The summed E-state index contributed by atoms with van der Waals surface area (Å²) in [6.07, 6.45) is 0. The molecule has 0 aliphatic carbocycles. The van der Waals surface area contributed by atoms with Crippen molar-refractivity contribution < 1.29 is 9.47 Å². The van der Waals surface area contributed by atoms with Gasteiger partial charge in [-0.25, -0.2) is 0 Å². The van der Waals surface area contributed by atoms with E-state index in [1.807, 2.05) is 52.9 Å². The first-order valence-electron chi connectivity index (χ1n) is 8.85. The number of thioether (sulfide) groups is 1. The van der Waals surface area contributed by atoms with E-state index in [9.17, 15) is 4.79 Å². The Bertz CT molecular complexity index is 1170. The number of fused-ring (bicyclic) bond motifs is 3. The summed E-state index contributed by atoms with van der Waals surface area (Å²) in [6.45, 7) is 0.590. The monoisotopic (exact) mass is 396 g/mol. The molecule has 2 aromatic heterocycles. The molecule has 0 atom stereocenters. The lowest BCUT2D eigenvalue weighted by molar-refractivity contribution is 0.342. The molecular weight excluding hydrogens is 376 g/mol. The molecule has 0 saturated heterocycles. The lowest BCUT2D eigenvalue weighted by Crippen LogP contribution is -2.20. The van der Waals surface area contributed by atoms with Crippen molar-refractivity contribution in [3.8, 4) is 11.5 Å². The normalized spacial score (nSPS) is 11.2. The molecule has 144 valence electrons. The minimum Gasteiger partial charge on any atom is -0.497 e. The van der Waals surface area contributed by atoms with Gasteiger partial charge in [-0.15, -0.1) is 10.2 Å². The highest BCUT2D eigenvalue weighted by molar-refractivity contribution is 7.98. The minimum absolute atomic E-state index is 0.0670. The first kappa shape index (κ1) is 18.4. The Morgan fingerprint density at radius 1 is 1.04 bits per heavy atom. The second-order valence-electron chi connectivity index (χ2n) is 6.21. The molecule has 0 aliphatic rings. The third-order valence-corrected chi connectivity index (χ3v) is 5.40. The molecule has 0 N–H and O–H groups in total. The van der Waals surface area contributed by atoms with Crippen LogP contribution in [0.15, 0.2) is 53.3 Å². The van der Waals surface area contributed by atoms with Crippen LogP contribution in [0.1, 0.15) is 5.82 Å². The van der Waals surface area contributed by atoms with Gasteiger partial charge in [0.25, 0.3) is 5.56 Å². The fourth-order valence-electron chi connectivity index (χ4n) is 3.04. The minimum atomic E-state index is -0.0670. The molecule has 8 heteroatoms. The second-order valence-corrected chi connectivity index (χ2v) is 7.31. The van der Waals surface area contributed by atoms with Gasteiger partial charge in [0.05, 0.1) is 30.4 Å². The second kappa shape index (κ2) is 7.93. The van der Waals surface area contributed by atoms with Crippen molar-refractivity contribution in [3.05, 3.63) is 64.7 Å². The van der Waals surface area contributed by atoms with E-state index in [2.05, 4.69) is 10.2 Å². The molecule has 0 spiro atoms. The summed E-state index contributed by atoms with van der Waals surface area (Å²) < 4.78 is 14.4. The van der Waals surface area contributed by atoms with Crippen LogP contribution in [0.5, 0.6) is 11.5 Å². The Morgan fingerprint density at radius 2 is 1.79 bits per heavy atom. The van der Waals surface area contributed by atoms with Gasteiger partial charge in [-0.05, 0) is 36.4 Å². The number of hydrogen-bond donors (Lipinski definition) is 0. The van der Waals surface area contributed by atoms with E-state index >= 15 is 0 Å². The summed E-state index contributed by atoms with van der Waals surface area (Å²) in [7, 11) is 3.36. The van der Waals surface area contributed by atoms with Gasteiger partial charge in [0.2, 0.25) is 5.78 Å². The van der Waals surface area contributed by atoms with Crippen molar-refractivity contribution in [2.24, 2.45) is 7.05 Å². The first-order chi connectivity index (χ1) is 13.7. The van der Waals surface area contributed by atoms with Crippen LogP contribution in [-0.4, -0.2) is 38.6 Å². The molecule has 0 radical (unpaired) electrons. The molecule has 2 aromatic carbocycles. The van der Waals surface area contributed by atoms with Crippen molar-refractivity contribution in [3.63, 3.8) is 0 Å². The molecule has 0 aliphatic heterocycles. The average molecular weight is 396 g/mol. The first-order valence-corrected chi connectivity index (χ1v) is 10.0. The maximum atomic E-state index is 12.5. The van der Waals surface area contributed by atoms with Crippen molar-refractivity contribution in [2.45, 2.75) is 5.75 Å². The fourth-order valence-corrected chi connectivity index (χ4v) is 3.75. The number of rotatable bonds is 7. The van der Waals surface area contributed by atoms with Crippen LogP contribution < -0.4 is 15.0 Å². The molecule has 0 saturated carbocycles. The Hall–Kier alpha value is -3.00. The van der Waals surface area contributed by atoms with Gasteiger partial charge in [0.15, 0.2) is 0 Å². The van der Waals surface area contributed by atoms with Gasteiger partial charge < -0.3 is 9.47 Å². The molecule has 0 bridgehead atoms. The zero-order chi connectivity index (χ0) is 19.5. The van der Waals surface area contributed by atoms with E-state index in [1.54, 1.807) is 25.9 Å². The summed E-state index contributed by atoms with van der Waals surface area (Å²) in [5, 5.41) is 9.17. The number of benzene rings is 2. The Morgan fingerprint density at radius 3 is 2.57 bits per heavy atom. The highest BCUT2D eigenvalue weighted by Crippen LogP contribution is 2.19. The summed E-state index contributed by atoms with van der Waals surface area (Å²) >= 11 is 1.71. The predicted molar refractivity (Wildman–Crippen MR) is 110 cm³/mol. The number of aromatic nitrogens is 4. The van der Waals surface area contributed by atoms with E-state index < -0.39 is 0 Å². The van der Waals surface area contributed by atoms with E-state index in [0.717, 1.165) is 28.6 Å². The third-order valence-electron chi connectivity index (χ3n) is 4.48. The van der Waals surface area contributed by atoms with E-state index in [-0.39, 0.29) is 5.56 Å². The standard InChI is InChI=1S/C20H20N4O3S/c1-23-19(25)16-5-3-4-6-17(16)24-18(21-22-20(23)24)13-28-12-11-27-15-9-7-14(26-2)8-10-15/h3-10H,11-13H2,1-2H3. The van der Waals surface area contributed by atoms with Crippen molar-refractivity contribution in [1.29, 1.82) is 0 Å². The van der Waals surface area contributed by atoms with E-state index in [4.69, 9.17) is 9.47 Å². The lowest BCUT2D eigenvalue weighted by Gasteiger charge is -2.08. The average Bonchev–Trinajstić information content (AvgIpc) is 3.16. The van der Waals surface area contributed by atoms with Crippen LogP contribution in [0.2, 0.25) is 0 Å². The highest BCUT2D eigenvalue weighted by atomic mass is 32.2. The molecule has 0 unspecified atom stereocenters. The number of para-hydroxylation sites is 1. The molecule has 0 amide bonds. The smallest absolute Gasteiger partial charge is 0.262 e.